The Balaban J connectivity index is 0.00000264. The fourth-order valence-electron chi connectivity index (χ4n) is 2.51. The monoisotopic (exact) mass is 430 g/mol. The first-order valence-electron chi connectivity index (χ1n) is 7.94. The average molecular weight is 430 g/mol. The van der Waals surface area contributed by atoms with E-state index in [4.69, 9.17) is 0 Å². The van der Waals surface area contributed by atoms with Crippen LogP contribution >= 0.6 is 24.0 Å². The van der Waals surface area contributed by atoms with Crippen molar-refractivity contribution >= 4 is 35.8 Å². The Labute approximate surface area is 156 Å². The maximum Gasteiger partial charge on any atom is 0.241 e. The van der Waals surface area contributed by atoms with Gasteiger partial charge in [0.25, 0.3) is 0 Å². The molecule has 1 aromatic rings. The molecule has 128 valence electrons. The average Bonchev–Trinajstić information content (AvgIpc) is 2.56. The van der Waals surface area contributed by atoms with Gasteiger partial charge in [-0.2, -0.15) is 0 Å². The summed E-state index contributed by atoms with van der Waals surface area (Å²) in [5, 5.41) is 3.17. The van der Waals surface area contributed by atoms with Gasteiger partial charge in [-0.1, -0.05) is 30.3 Å². The fraction of sp³-hybridized carbons (Fsp3) is 0.529. The van der Waals surface area contributed by atoms with Crippen LogP contribution in [0.3, 0.4) is 0 Å². The van der Waals surface area contributed by atoms with Gasteiger partial charge in [-0.3, -0.25) is 4.79 Å². The standard InChI is InChI=1S/C17H26N4O.HI/c1-20(2)17(18-13-15-9-5-3-6-10-15)19-14-16(22)21-11-7-4-8-12-21;/h3,5-6,9-10H,4,7-8,11-14H2,1-2H3,(H,18,19);1H. The van der Waals surface area contributed by atoms with Crippen molar-refractivity contribution in [1.82, 2.24) is 15.1 Å². The summed E-state index contributed by atoms with van der Waals surface area (Å²) in [6.45, 7) is 2.70. The molecule has 1 amide bonds. The predicted octanol–water partition coefficient (Wildman–Crippen LogP) is 2.32. The van der Waals surface area contributed by atoms with Crippen molar-refractivity contribution < 1.29 is 4.79 Å². The number of benzene rings is 1. The Morgan fingerprint density at radius 1 is 1.17 bits per heavy atom. The number of guanidine groups is 1. The molecule has 1 saturated heterocycles. The highest BCUT2D eigenvalue weighted by atomic mass is 127. The third-order valence-corrected chi connectivity index (χ3v) is 3.78. The molecule has 5 nitrogen and oxygen atoms in total. The SMILES string of the molecule is CN(C)C(=NCc1ccccc1)NCC(=O)N1CCCCC1.I. The van der Waals surface area contributed by atoms with Gasteiger partial charge >= 0.3 is 0 Å². The van der Waals surface area contributed by atoms with Crippen LogP contribution in [0, 0.1) is 0 Å². The van der Waals surface area contributed by atoms with Gasteiger partial charge in [0.2, 0.25) is 5.91 Å². The number of hydrogen-bond donors (Lipinski definition) is 1. The van der Waals surface area contributed by atoms with Gasteiger partial charge in [0.05, 0.1) is 13.1 Å². The molecule has 6 heteroatoms. The molecule has 1 N–H and O–H groups in total. The van der Waals surface area contributed by atoms with Crippen molar-refractivity contribution in [1.29, 1.82) is 0 Å². The quantitative estimate of drug-likeness (QED) is 0.453. The van der Waals surface area contributed by atoms with Gasteiger partial charge in [0, 0.05) is 27.2 Å². The predicted molar refractivity (Wildman–Crippen MR) is 105 cm³/mol. The van der Waals surface area contributed by atoms with Gasteiger partial charge < -0.3 is 15.1 Å². The molecule has 2 rings (SSSR count). The first-order valence-corrected chi connectivity index (χ1v) is 7.94. The molecule has 1 fully saturated rings. The van der Waals surface area contributed by atoms with Gasteiger partial charge in [0.15, 0.2) is 5.96 Å². The summed E-state index contributed by atoms with van der Waals surface area (Å²) in [5.41, 5.74) is 1.16. The van der Waals surface area contributed by atoms with Gasteiger partial charge in [-0.25, -0.2) is 4.99 Å². The highest BCUT2D eigenvalue weighted by Crippen LogP contribution is 2.08. The Kier molecular flexibility index (Phi) is 8.98. The minimum Gasteiger partial charge on any atom is -0.349 e. The summed E-state index contributed by atoms with van der Waals surface area (Å²) in [5.74, 6) is 0.906. The highest BCUT2D eigenvalue weighted by molar-refractivity contribution is 14.0. The molecule has 0 aromatic heterocycles. The van der Waals surface area contributed by atoms with Gasteiger partial charge in [-0.15, -0.1) is 24.0 Å². The van der Waals surface area contributed by atoms with E-state index in [1.807, 2.05) is 42.1 Å². The highest BCUT2D eigenvalue weighted by Gasteiger charge is 2.16. The molecule has 1 aliphatic rings. The van der Waals surface area contributed by atoms with Gasteiger partial charge in [0.1, 0.15) is 0 Å². The number of rotatable bonds is 4. The Morgan fingerprint density at radius 3 is 2.43 bits per heavy atom. The number of amides is 1. The van der Waals surface area contributed by atoms with E-state index >= 15 is 0 Å². The molecular weight excluding hydrogens is 403 g/mol. The first-order chi connectivity index (χ1) is 10.7. The smallest absolute Gasteiger partial charge is 0.241 e. The maximum atomic E-state index is 12.2. The van der Waals surface area contributed by atoms with E-state index in [-0.39, 0.29) is 29.9 Å². The summed E-state index contributed by atoms with van der Waals surface area (Å²) in [6.07, 6.45) is 3.47. The Morgan fingerprint density at radius 2 is 1.83 bits per heavy atom. The van der Waals surface area contributed by atoms with Crippen LogP contribution in [-0.4, -0.2) is 55.4 Å². The van der Waals surface area contributed by atoms with E-state index in [1.54, 1.807) is 0 Å². The van der Waals surface area contributed by atoms with Crippen LogP contribution in [0.5, 0.6) is 0 Å². The summed E-state index contributed by atoms with van der Waals surface area (Å²) in [7, 11) is 3.87. The number of hydrogen-bond acceptors (Lipinski definition) is 2. The van der Waals surface area contributed by atoms with Crippen molar-refractivity contribution in [2.24, 2.45) is 4.99 Å². The number of carbonyl (C=O) groups excluding carboxylic acids is 1. The molecular formula is C17H27IN4O. The van der Waals surface area contributed by atoms with Crippen LogP contribution < -0.4 is 5.32 Å². The normalized spacial score (nSPS) is 14.9. The third-order valence-electron chi connectivity index (χ3n) is 3.78. The van der Waals surface area contributed by atoms with Gasteiger partial charge in [-0.05, 0) is 24.8 Å². The van der Waals surface area contributed by atoms with E-state index in [2.05, 4.69) is 22.4 Å². The maximum absolute atomic E-state index is 12.2. The number of likely N-dealkylation sites (tertiary alicyclic amines) is 1. The molecule has 1 aliphatic heterocycles. The number of nitrogens with zero attached hydrogens (tertiary/aromatic N) is 3. The number of carbonyl (C=O) groups is 1. The zero-order valence-electron chi connectivity index (χ0n) is 14.0. The second-order valence-corrected chi connectivity index (χ2v) is 5.81. The zero-order valence-corrected chi connectivity index (χ0v) is 16.3. The lowest BCUT2D eigenvalue weighted by Crippen LogP contribution is -2.45. The van der Waals surface area contributed by atoms with Crippen LogP contribution in [-0.2, 0) is 11.3 Å². The minimum atomic E-state index is 0. The largest absolute Gasteiger partial charge is 0.349 e. The molecule has 1 aromatic carbocycles. The van der Waals surface area contributed by atoms with Crippen molar-refractivity contribution in [2.75, 3.05) is 33.7 Å². The van der Waals surface area contributed by atoms with E-state index in [1.165, 1.54) is 6.42 Å². The van der Waals surface area contributed by atoms with E-state index in [0.717, 1.165) is 37.5 Å². The summed E-state index contributed by atoms with van der Waals surface area (Å²) in [4.78, 5) is 20.6. The molecule has 0 bridgehead atoms. The summed E-state index contributed by atoms with van der Waals surface area (Å²) < 4.78 is 0. The molecule has 1 heterocycles. The van der Waals surface area contributed by atoms with Crippen LogP contribution in [0.1, 0.15) is 24.8 Å². The van der Waals surface area contributed by atoms with Crippen molar-refractivity contribution in [2.45, 2.75) is 25.8 Å². The topological polar surface area (TPSA) is 47.9 Å². The van der Waals surface area contributed by atoms with Crippen LogP contribution in [0.4, 0.5) is 0 Å². The molecule has 0 spiro atoms. The molecule has 0 radical (unpaired) electrons. The Bertz CT molecular complexity index is 499. The Hall–Kier alpha value is -1.31. The van der Waals surface area contributed by atoms with Crippen molar-refractivity contribution in [3.05, 3.63) is 35.9 Å². The van der Waals surface area contributed by atoms with Crippen LogP contribution in [0.2, 0.25) is 0 Å². The molecule has 0 atom stereocenters. The molecule has 0 unspecified atom stereocenters. The molecule has 0 saturated carbocycles. The zero-order chi connectivity index (χ0) is 15.8. The first kappa shape index (κ1) is 19.7. The van der Waals surface area contributed by atoms with E-state index in [9.17, 15) is 4.79 Å². The lowest BCUT2D eigenvalue weighted by molar-refractivity contribution is -0.130. The number of piperidine rings is 1. The van der Waals surface area contributed by atoms with E-state index in [0.29, 0.717) is 13.1 Å². The second-order valence-electron chi connectivity index (χ2n) is 5.81. The van der Waals surface area contributed by atoms with Crippen molar-refractivity contribution in [3.63, 3.8) is 0 Å². The number of halogens is 1. The summed E-state index contributed by atoms with van der Waals surface area (Å²) >= 11 is 0. The van der Waals surface area contributed by atoms with Crippen molar-refractivity contribution in [3.8, 4) is 0 Å². The third kappa shape index (κ3) is 6.76. The summed E-state index contributed by atoms with van der Waals surface area (Å²) in [6, 6.07) is 10.1. The second kappa shape index (κ2) is 10.5. The lowest BCUT2D eigenvalue weighted by atomic mass is 10.1. The van der Waals surface area contributed by atoms with Crippen LogP contribution in [0.25, 0.3) is 0 Å². The lowest BCUT2D eigenvalue weighted by Gasteiger charge is -2.27. The molecule has 23 heavy (non-hydrogen) atoms. The molecule has 0 aliphatic carbocycles. The van der Waals surface area contributed by atoms with Crippen LogP contribution in [0.15, 0.2) is 35.3 Å². The van der Waals surface area contributed by atoms with E-state index < -0.39 is 0 Å². The fourth-order valence-corrected chi connectivity index (χ4v) is 2.51. The minimum absolute atomic E-state index is 0. The number of aliphatic imine (C=N–C) groups is 1. The number of nitrogens with one attached hydrogen (secondary N) is 1.